The molecule has 2 amide bonds. The molecule has 0 aliphatic rings. The molecule has 2 rings (SSSR count). The van der Waals surface area contributed by atoms with Crippen LogP contribution in [-0.2, 0) is 0 Å². The van der Waals surface area contributed by atoms with Crippen molar-refractivity contribution < 1.29 is 13.9 Å². The lowest BCUT2D eigenvalue weighted by Gasteiger charge is -2.02. The number of carbonyl (C=O) groups excluding carboxylic acids is 1. The van der Waals surface area contributed by atoms with Crippen molar-refractivity contribution in [3.63, 3.8) is 0 Å². The first-order chi connectivity index (χ1) is 10.3. The second-order valence-electron chi connectivity index (χ2n) is 3.86. The molecule has 0 fully saturated rings. The van der Waals surface area contributed by atoms with Gasteiger partial charge in [-0.2, -0.15) is 0 Å². The summed E-state index contributed by atoms with van der Waals surface area (Å²) >= 11 is 1.43. The van der Waals surface area contributed by atoms with Gasteiger partial charge in [-0.15, -0.1) is 11.3 Å². The summed E-state index contributed by atoms with van der Waals surface area (Å²) in [7, 11) is 0. The molecule has 21 heavy (non-hydrogen) atoms. The minimum absolute atomic E-state index is 0.0646. The summed E-state index contributed by atoms with van der Waals surface area (Å²) in [6.45, 7) is 0.257. The van der Waals surface area contributed by atoms with Crippen molar-refractivity contribution in [1.82, 2.24) is 5.32 Å². The van der Waals surface area contributed by atoms with Crippen LogP contribution in [0, 0.1) is 17.7 Å². The summed E-state index contributed by atoms with van der Waals surface area (Å²) in [4.78, 5) is 11.4. The number of benzene rings is 1. The Morgan fingerprint density at radius 3 is 2.86 bits per heavy atom. The van der Waals surface area contributed by atoms with Gasteiger partial charge in [-0.1, -0.05) is 24.0 Å². The number of thiophene rings is 1. The van der Waals surface area contributed by atoms with E-state index in [1.54, 1.807) is 18.2 Å². The fraction of sp³-hybridized carbons (Fsp3) is 0.133. The lowest BCUT2D eigenvalue weighted by atomic mass is 10.3. The maximum Gasteiger partial charge on any atom is 0.320 e. The first-order valence-electron chi connectivity index (χ1n) is 6.17. The van der Waals surface area contributed by atoms with Crippen LogP contribution < -0.4 is 15.4 Å². The van der Waals surface area contributed by atoms with Crippen LogP contribution in [0.5, 0.6) is 5.75 Å². The van der Waals surface area contributed by atoms with Crippen molar-refractivity contribution in [2.75, 3.05) is 18.5 Å². The average Bonchev–Trinajstić information content (AvgIpc) is 2.97. The van der Waals surface area contributed by atoms with Gasteiger partial charge in [0.2, 0.25) is 0 Å². The summed E-state index contributed by atoms with van der Waals surface area (Å²) in [6, 6.07) is 9.45. The minimum atomic E-state index is -0.423. The van der Waals surface area contributed by atoms with Crippen LogP contribution in [0.3, 0.4) is 0 Å². The third kappa shape index (κ3) is 5.16. The zero-order valence-corrected chi connectivity index (χ0v) is 11.9. The Morgan fingerprint density at radius 1 is 1.24 bits per heavy atom. The van der Waals surface area contributed by atoms with Crippen LogP contribution in [0.1, 0.15) is 0 Å². The average molecular weight is 304 g/mol. The molecule has 4 nitrogen and oxygen atoms in total. The van der Waals surface area contributed by atoms with E-state index in [0.29, 0.717) is 0 Å². The Morgan fingerprint density at radius 2 is 2.10 bits per heavy atom. The molecular formula is C15H13FN2O2S. The number of hydrogen-bond acceptors (Lipinski definition) is 3. The molecule has 0 unspecified atom stereocenters. The van der Waals surface area contributed by atoms with Crippen LogP contribution in [0.2, 0.25) is 0 Å². The zero-order valence-electron chi connectivity index (χ0n) is 11.1. The molecular weight excluding hydrogens is 291 g/mol. The van der Waals surface area contributed by atoms with E-state index in [0.717, 1.165) is 5.00 Å². The number of urea groups is 1. The maximum atomic E-state index is 13.2. The molecule has 0 aliphatic carbocycles. The molecule has 2 N–H and O–H groups in total. The highest BCUT2D eigenvalue weighted by Crippen LogP contribution is 2.15. The molecule has 2 aromatic rings. The number of rotatable bonds is 4. The number of ether oxygens (including phenoxy) is 1. The van der Waals surface area contributed by atoms with Crippen molar-refractivity contribution in [1.29, 1.82) is 0 Å². The molecule has 108 valence electrons. The van der Waals surface area contributed by atoms with E-state index in [2.05, 4.69) is 22.5 Å². The minimum Gasteiger partial charge on any atom is -0.478 e. The maximum absolute atomic E-state index is 13.2. The van der Waals surface area contributed by atoms with Gasteiger partial charge in [-0.05, 0) is 29.6 Å². The Bertz CT molecular complexity index is 647. The normalized spacial score (nSPS) is 9.38. The zero-order chi connectivity index (χ0) is 14.9. The van der Waals surface area contributed by atoms with Gasteiger partial charge < -0.3 is 10.1 Å². The predicted molar refractivity (Wildman–Crippen MR) is 81.0 cm³/mol. The number of anilines is 1. The first kappa shape index (κ1) is 14.9. The van der Waals surface area contributed by atoms with Gasteiger partial charge in [0, 0.05) is 0 Å². The van der Waals surface area contributed by atoms with Crippen LogP contribution in [0.25, 0.3) is 0 Å². The monoisotopic (exact) mass is 304 g/mol. The number of carbonyl (C=O) groups is 1. The molecule has 1 aromatic heterocycles. The van der Waals surface area contributed by atoms with E-state index in [4.69, 9.17) is 4.74 Å². The van der Waals surface area contributed by atoms with Crippen molar-refractivity contribution in [3.8, 4) is 17.6 Å². The molecule has 0 radical (unpaired) electrons. The van der Waals surface area contributed by atoms with Gasteiger partial charge in [-0.3, -0.25) is 5.32 Å². The van der Waals surface area contributed by atoms with Gasteiger partial charge in [0.25, 0.3) is 0 Å². The fourth-order valence-electron chi connectivity index (χ4n) is 1.42. The number of halogens is 1. The van der Waals surface area contributed by atoms with Gasteiger partial charge in [0.1, 0.15) is 6.61 Å². The Labute approximate surface area is 125 Å². The summed E-state index contributed by atoms with van der Waals surface area (Å²) in [5, 5.41) is 7.89. The van der Waals surface area contributed by atoms with Gasteiger partial charge in [0.15, 0.2) is 11.6 Å². The second-order valence-corrected chi connectivity index (χ2v) is 4.81. The summed E-state index contributed by atoms with van der Waals surface area (Å²) in [6.07, 6.45) is 0. The standard InChI is InChI=1S/C15H13FN2O2S/c16-12-6-1-2-7-13(12)20-10-4-3-9-17-15(19)18-14-8-5-11-21-14/h1-2,5-8,11H,9-10H2,(H2,17,18,19). The van der Waals surface area contributed by atoms with Crippen LogP contribution in [-0.4, -0.2) is 19.2 Å². The first-order valence-corrected chi connectivity index (χ1v) is 7.05. The lowest BCUT2D eigenvalue weighted by Crippen LogP contribution is -2.28. The van der Waals surface area contributed by atoms with Crippen LogP contribution in [0.15, 0.2) is 41.8 Å². The van der Waals surface area contributed by atoms with E-state index >= 15 is 0 Å². The molecule has 0 bridgehead atoms. The van der Waals surface area contributed by atoms with Crippen molar-refractivity contribution in [2.24, 2.45) is 0 Å². The number of para-hydroxylation sites is 1. The second kappa shape index (κ2) is 7.92. The van der Waals surface area contributed by atoms with Crippen molar-refractivity contribution in [2.45, 2.75) is 0 Å². The molecule has 6 heteroatoms. The Balaban J connectivity index is 1.65. The van der Waals surface area contributed by atoms with Crippen molar-refractivity contribution >= 4 is 22.4 Å². The van der Waals surface area contributed by atoms with Gasteiger partial charge >= 0.3 is 6.03 Å². The molecule has 0 aliphatic heterocycles. The lowest BCUT2D eigenvalue weighted by molar-refractivity contribution is 0.253. The van der Waals surface area contributed by atoms with Crippen molar-refractivity contribution in [3.05, 3.63) is 47.6 Å². The highest BCUT2D eigenvalue weighted by Gasteiger charge is 2.00. The topological polar surface area (TPSA) is 50.4 Å². The summed E-state index contributed by atoms with van der Waals surface area (Å²) in [5.41, 5.74) is 0. The molecule has 0 atom stereocenters. The Hall–Kier alpha value is -2.52. The van der Waals surface area contributed by atoms with Crippen LogP contribution in [0.4, 0.5) is 14.2 Å². The third-order valence-corrected chi connectivity index (χ3v) is 3.14. The highest BCUT2D eigenvalue weighted by atomic mass is 32.1. The van der Waals surface area contributed by atoms with Gasteiger partial charge in [-0.25, -0.2) is 9.18 Å². The highest BCUT2D eigenvalue weighted by molar-refractivity contribution is 7.14. The smallest absolute Gasteiger partial charge is 0.320 e. The Kier molecular flexibility index (Phi) is 5.61. The fourth-order valence-corrected chi connectivity index (χ4v) is 2.03. The molecule has 0 spiro atoms. The quantitative estimate of drug-likeness (QED) is 0.853. The summed E-state index contributed by atoms with van der Waals surface area (Å²) in [5.74, 6) is 5.15. The molecule has 1 aromatic carbocycles. The third-order valence-electron chi connectivity index (χ3n) is 2.36. The van der Waals surface area contributed by atoms with Gasteiger partial charge in [0.05, 0.1) is 11.5 Å². The molecule has 1 heterocycles. The van der Waals surface area contributed by atoms with Crippen LogP contribution >= 0.6 is 11.3 Å². The predicted octanol–water partition coefficient (Wildman–Crippen LogP) is 3.09. The van der Waals surface area contributed by atoms with E-state index in [1.807, 2.05) is 11.4 Å². The number of amides is 2. The summed E-state index contributed by atoms with van der Waals surface area (Å²) < 4.78 is 18.4. The van der Waals surface area contributed by atoms with E-state index in [1.165, 1.54) is 23.5 Å². The molecule has 0 saturated heterocycles. The van der Waals surface area contributed by atoms with E-state index in [9.17, 15) is 9.18 Å². The number of hydrogen-bond donors (Lipinski definition) is 2. The molecule has 0 saturated carbocycles. The SMILES string of the molecule is O=C(NCC#CCOc1ccccc1F)Nc1cccs1. The van der Waals surface area contributed by atoms with E-state index in [-0.39, 0.29) is 24.9 Å². The largest absolute Gasteiger partial charge is 0.478 e. The van der Waals surface area contributed by atoms with E-state index < -0.39 is 5.82 Å². The number of nitrogens with one attached hydrogen (secondary N) is 2.